The number of aromatic nitrogens is 4. The third-order valence-corrected chi connectivity index (χ3v) is 6.06. The van der Waals surface area contributed by atoms with Gasteiger partial charge in [0, 0.05) is 49.2 Å². The smallest absolute Gasteiger partial charge is 0.414 e. The standard InChI is InChI=1S/2C11H17N3O.C2H2O4/c2*1-4-10-12-11(15-13-10)9-6-5-8(2)14(3)7-9;3-1(4)2(5)6/h2*6,8H,4-5,7H2,1-3H3;(H,3,4)(H,5,6). The molecule has 0 amide bonds. The van der Waals surface area contributed by atoms with Gasteiger partial charge in [-0.25, -0.2) is 9.59 Å². The van der Waals surface area contributed by atoms with Crippen LogP contribution in [0.2, 0.25) is 0 Å². The summed E-state index contributed by atoms with van der Waals surface area (Å²) >= 11 is 0. The van der Waals surface area contributed by atoms with Crippen molar-refractivity contribution >= 4 is 23.1 Å². The van der Waals surface area contributed by atoms with Gasteiger partial charge in [-0.15, -0.1) is 0 Å². The van der Waals surface area contributed by atoms with E-state index in [1.54, 1.807) is 0 Å². The maximum absolute atomic E-state index is 9.10. The molecule has 198 valence electrons. The van der Waals surface area contributed by atoms with Gasteiger partial charge in [0.25, 0.3) is 11.8 Å². The summed E-state index contributed by atoms with van der Waals surface area (Å²) in [5, 5.41) is 22.6. The summed E-state index contributed by atoms with van der Waals surface area (Å²) in [5.74, 6) is -0.708. The Morgan fingerprint density at radius 1 is 0.833 bits per heavy atom. The fourth-order valence-corrected chi connectivity index (χ4v) is 3.33. The van der Waals surface area contributed by atoms with Gasteiger partial charge >= 0.3 is 11.9 Å². The van der Waals surface area contributed by atoms with E-state index in [4.69, 9.17) is 28.8 Å². The summed E-state index contributed by atoms with van der Waals surface area (Å²) in [4.78, 5) is 31.5. The van der Waals surface area contributed by atoms with Crippen LogP contribution in [0.25, 0.3) is 11.1 Å². The largest absolute Gasteiger partial charge is 0.473 e. The van der Waals surface area contributed by atoms with E-state index in [2.05, 4.69) is 70.2 Å². The van der Waals surface area contributed by atoms with E-state index in [0.29, 0.717) is 23.9 Å². The van der Waals surface area contributed by atoms with Crippen molar-refractivity contribution in [2.24, 2.45) is 0 Å². The monoisotopic (exact) mass is 504 g/mol. The molecule has 2 aromatic heterocycles. The van der Waals surface area contributed by atoms with Crippen LogP contribution >= 0.6 is 0 Å². The van der Waals surface area contributed by atoms with Crippen molar-refractivity contribution < 1.29 is 28.8 Å². The quantitative estimate of drug-likeness (QED) is 0.587. The van der Waals surface area contributed by atoms with Crippen LogP contribution in [-0.4, -0.2) is 91.5 Å². The highest BCUT2D eigenvalue weighted by Crippen LogP contribution is 2.22. The Kier molecular flexibility index (Phi) is 10.9. The number of hydrogen-bond acceptors (Lipinski definition) is 10. The van der Waals surface area contributed by atoms with E-state index < -0.39 is 11.9 Å². The molecule has 2 aliphatic heterocycles. The SMILES string of the molecule is CCc1noc(C2=CCC(C)N(C)C2)n1.CCc1noc(C2=CCC(C)N(C)C2)n1.O=C(O)C(=O)O. The number of likely N-dealkylation sites (N-methyl/N-ethyl adjacent to an activating group) is 2. The van der Waals surface area contributed by atoms with Crippen molar-refractivity contribution in [1.82, 2.24) is 30.1 Å². The van der Waals surface area contributed by atoms with Crippen molar-refractivity contribution in [2.75, 3.05) is 27.2 Å². The molecule has 12 nitrogen and oxygen atoms in total. The maximum atomic E-state index is 9.10. The molecular formula is C24H36N6O6. The molecule has 4 rings (SSSR count). The van der Waals surface area contributed by atoms with Gasteiger partial charge in [-0.3, -0.25) is 9.80 Å². The minimum Gasteiger partial charge on any atom is -0.473 e. The first-order valence-corrected chi connectivity index (χ1v) is 12.0. The van der Waals surface area contributed by atoms with Gasteiger partial charge in [-0.05, 0) is 40.8 Å². The molecule has 36 heavy (non-hydrogen) atoms. The fourth-order valence-electron chi connectivity index (χ4n) is 3.33. The van der Waals surface area contributed by atoms with Crippen LogP contribution in [0.4, 0.5) is 0 Å². The molecule has 2 aliphatic rings. The molecule has 2 aromatic rings. The number of nitrogens with zero attached hydrogens (tertiary/aromatic N) is 6. The van der Waals surface area contributed by atoms with Gasteiger partial charge in [0.05, 0.1) is 0 Å². The summed E-state index contributed by atoms with van der Waals surface area (Å²) in [5.41, 5.74) is 2.31. The molecule has 2 unspecified atom stereocenters. The van der Waals surface area contributed by atoms with Crippen molar-refractivity contribution in [3.05, 3.63) is 35.6 Å². The highest BCUT2D eigenvalue weighted by atomic mass is 16.5. The van der Waals surface area contributed by atoms with Gasteiger partial charge in [-0.2, -0.15) is 9.97 Å². The fraction of sp³-hybridized carbons (Fsp3) is 0.583. The van der Waals surface area contributed by atoms with Gasteiger partial charge < -0.3 is 19.3 Å². The summed E-state index contributed by atoms with van der Waals surface area (Å²) in [6, 6.07) is 1.20. The van der Waals surface area contributed by atoms with Crippen LogP contribution in [-0.2, 0) is 22.4 Å². The molecule has 0 saturated carbocycles. The predicted molar refractivity (Wildman–Crippen MR) is 132 cm³/mol. The first-order valence-electron chi connectivity index (χ1n) is 12.0. The minimum atomic E-state index is -1.82. The van der Waals surface area contributed by atoms with E-state index >= 15 is 0 Å². The summed E-state index contributed by atoms with van der Waals surface area (Å²) in [6.45, 7) is 10.3. The van der Waals surface area contributed by atoms with E-state index in [1.165, 1.54) is 0 Å². The topological polar surface area (TPSA) is 159 Å². The summed E-state index contributed by atoms with van der Waals surface area (Å²) < 4.78 is 10.4. The van der Waals surface area contributed by atoms with Crippen LogP contribution in [0.5, 0.6) is 0 Å². The number of aliphatic carboxylic acids is 2. The molecule has 0 saturated heterocycles. The normalized spacial score (nSPS) is 20.3. The van der Waals surface area contributed by atoms with Gasteiger partial charge in [0.1, 0.15) is 0 Å². The first-order chi connectivity index (χ1) is 17.0. The molecule has 2 N–H and O–H groups in total. The second-order valence-electron chi connectivity index (χ2n) is 8.81. The number of carbonyl (C=O) groups is 2. The lowest BCUT2D eigenvalue weighted by Gasteiger charge is -2.28. The Morgan fingerprint density at radius 3 is 1.44 bits per heavy atom. The van der Waals surface area contributed by atoms with Crippen LogP contribution in [0.3, 0.4) is 0 Å². The molecule has 0 aromatic carbocycles. The number of carboxylic acids is 2. The van der Waals surface area contributed by atoms with E-state index in [0.717, 1.165) is 61.6 Å². The lowest BCUT2D eigenvalue weighted by molar-refractivity contribution is -0.159. The Morgan fingerprint density at radius 2 is 1.19 bits per heavy atom. The van der Waals surface area contributed by atoms with E-state index in [-0.39, 0.29) is 0 Å². The van der Waals surface area contributed by atoms with Crippen molar-refractivity contribution in [2.45, 2.75) is 65.5 Å². The first kappa shape index (κ1) is 28.9. The summed E-state index contributed by atoms with van der Waals surface area (Å²) in [6.07, 6.45) is 8.16. The number of aryl methyl sites for hydroxylation is 2. The molecule has 2 atom stereocenters. The van der Waals surface area contributed by atoms with Crippen LogP contribution in [0.15, 0.2) is 21.2 Å². The van der Waals surface area contributed by atoms with E-state index in [1.807, 2.05) is 13.8 Å². The van der Waals surface area contributed by atoms with Crippen LogP contribution in [0.1, 0.15) is 64.0 Å². The predicted octanol–water partition coefficient (Wildman–Crippen LogP) is 2.63. The molecular weight excluding hydrogens is 468 g/mol. The van der Waals surface area contributed by atoms with Gasteiger partial charge in [-0.1, -0.05) is 36.3 Å². The Hall–Kier alpha value is -3.38. The Balaban J connectivity index is 0.000000208. The molecule has 0 bridgehead atoms. The zero-order valence-electron chi connectivity index (χ0n) is 21.8. The highest BCUT2D eigenvalue weighted by molar-refractivity contribution is 6.27. The van der Waals surface area contributed by atoms with Crippen molar-refractivity contribution in [3.63, 3.8) is 0 Å². The Labute approximate surface area is 210 Å². The zero-order valence-corrected chi connectivity index (χ0v) is 21.8. The summed E-state index contributed by atoms with van der Waals surface area (Å²) in [7, 11) is 4.24. The van der Waals surface area contributed by atoms with Gasteiger partial charge in [0.15, 0.2) is 11.6 Å². The molecule has 0 spiro atoms. The average Bonchev–Trinajstić information content (AvgIpc) is 3.53. The Bertz CT molecular complexity index is 991. The number of carboxylic acid groups (broad SMARTS) is 2. The number of rotatable bonds is 4. The lowest BCUT2D eigenvalue weighted by Crippen LogP contribution is -2.33. The second kappa shape index (κ2) is 13.6. The molecule has 0 radical (unpaired) electrons. The van der Waals surface area contributed by atoms with Crippen molar-refractivity contribution in [3.8, 4) is 0 Å². The minimum absolute atomic E-state index is 0.599. The third-order valence-electron chi connectivity index (χ3n) is 6.06. The van der Waals surface area contributed by atoms with Crippen LogP contribution in [0, 0.1) is 0 Å². The average molecular weight is 505 g/mol. The molecule has 12 heteroatoms. The van der Waals surface area contributed by atoms with Gasteiger partial charge in [0.2, 0.25) is 0 Å². The lowest BCUT2D eigenvalue weighted by atomic mass is 10.0. The second-order valence-corrected chi connectivity index (χ2v) is 8.81. The zero-order chi connectivity index (χ0) is 26.8. The molecule has 0 aliphatic carbocycles. The van der Waals surface area contributed by atoms with Crippen LogP contribution < -0.4 is 0 Å². The maximum Gasteiger partial charge on any atom is 0.414 e. The third kappa shape index (κ3) is 8.38. The highest BCUT2D eigenvalue weighted by Gasteiger charge is 2.21. The van der Waals surface area contributed by atoms with E-state index in [9.17, 15) is 0 Å². The molecule has 4 heterocycles. The van der Waals surface area contributed by atoms with Crippen molar-refractivity contribution in [1.29, 1.82) is 0 Å². The molecule has 0 fully saturated rings. The number of hydrogen-bond donors (Lipinski definition) is 2.